The van der Waals surface area contributed by atoms with Crippen molar-refractivity contribution in [1.82, 2.24) is 5.32 Å². The summed E-state index contributed by atoms with van der Waals surface area (Å²) < 4.78 is 0. The van der Waals surface area contributed by atoms with Gasteiger partial charge in [0, 0.05) is 12.1 Å². The minimum atomic E-state index is 0.480. The van der Waals surface area contributed by atoms with Crippen LogP contribution in [0.2, 0.25) is 0 Å². The zero-order chi connectivity index (χ0) is 12.1. The molecule has 1 aromatic rings. The van der Waals surface area contributed by atoms with Crippen LogP contribution in [0.25, 0.3) is 0 Å². The summed E-state index contributed by atoms with van der Waals surface area (Å²) in [6.07, 6.45) is 6.91. The van der Waals surface area contributed by atoms with Crippen LogP contribution < -0.4 is 5.32 Å². The summed E-state index contributed by atoms with van der Waals surface area (Å²) >= 11 is 0. The first kappa shape index (κ1) is 12.6. The van der Waals surface area contributed by atoms with E-state index < -0.39 is 0 Å². The molecule has 1 fully saturated rings. The van der Waals surface area contributed by atoms with Crippen molar-refractivity contribution >= 4 is 0 Å². The summed E-state index contributed by atoms with van der Waals surface area (Å²) in [5.74, 6) is 0.884. The SMILES string of the molecule is CC[C@@H]1CCCC[C@H]1N[C@H](C)c1ccccc1. The van der Waals surface area contributed by atoms with E-state index >= 15 is 0 Å². The maximum Gasteiger partial charge on any atom is 0.0294 e. The molecule has 17 heavy (non-hydrogen) atoms. The highest BCUT2D eigenvalue weighted by molar-refractivity contribution is 5.18. The van der Waals surface area contributed by atoms with E-state index in [9.17, 15) is 0 Å². The van der Waals surface area contributed by atoms with Crippen molar-refractivity contribution in [3.63, 3.8) is 0 Å². The maximum absolute atomic E-state index is 3.84. The van der Waals surface area contributed by atoms with Crippen molar-refractivity contribution in [2.45, 2.75) is 58.0 Å². The molecule has 1 aromatic carbocycles. The molecule has 1 aliphatic carbocycles. The van der Waals surface area contributed by atoms with E-state index in [2.05, 4.69) is 49.5 Å². The van der Waals surface area contributed by atoms with Gasteiger partial charge in [0.2, 0.25) is 0 Å². The average molecular weight is 231 g/mol. The number of hydrogen-bond donors (Lipinski definition) is 1. The first-order valence-corrected chi connectivity index (χ1v) is 7.12. The van der Waals surface area contributed by atoms with E-state index in [0.29, 0.717) is 6.04 Å². The predicted molar refractivity (Wildman–Crippen MR) is 74.0 cm³/mol. The minimum Gasteiger partial charge on any atom is -0.307 e. The van der Waals surface area contributed by atoms with Crippen molar-refractivity contribution in [3.8, 4) is 0 Å². The van der Waals surface area contributed by atoms with E-state index in [1.165, 1.54) is 37.7 Å². The van der Waals surface area contributed by atoms with Gasteiger partial charge in [-0.05, 0) is 31.2 Å². The molecule has 0 heterocycles. The van der Waals surface area contributed by atoms with Crippen LogP contribution in [0, 0.1) is 5.92 Å². The summed E-state index contributed by atoms with van der Waals surface area (Å²) in [5.41, 5.74) is 1.41. The molecule has 1 N–H and O–H groups in total. The molecule has 0 saturated heterocycles. The van der Waals surface area contributed by atoms with Crippen LogP contribution in [0.1, 0.15) is 57.6 Å². The first-order valence-electron chi connectivity index (χ1n) is 7.12. The molecule has 1 heteroatoms. The highest BCUT2D eigenvalue weighted by Crippen LogP contribution is 2.28. The van der Waals surface area contributed by atoms with Crippen molar-refractivity contribution in [3.05, 3.63) is 35.9 Å². The van der Waals surface area contributed by atoms with Gasteiger partial charge in [-0.25, -0.2) is 0 Å². The number of benzene rings is 1. The second-order valence-electron chi connectivity index (χ2n) is 5.36. The zero-order valence-electron chi connectivity index (χ0n) is 11.2. The third-order valence-electron chi connectivity index (χ3n) is 4.20. The Kier molecular flexibility index (Phi) is 4.61. The lowest BCUT2D eigenvalue weighted by molar-refractivity contribution is 0.240. The number of rotatable bonds is 4. The third kappa shape index (κ3) is 3.32. The van der Waals surface area contributed by atoms with E-state index in [1.807, 2.05) is 0 Å². The lowest BCUT2D eigenvalue weighted by Crippen LogP contribution is -2.39. The molecule has 0 amide bonds. The quantitative estimate of drug-likeness (QED) is 0.814. The summed E-state index contributed by atoms with van der Waals surface area (Å²) in [4.78, 5) is 0. The molecule has 2 rings (SSSR count). The minimum absolute atomic E-state index is 0.480. The van der Waals surface area contributed by atoms with Gasteiger partial charge >= 0.3 is 0 Å². The van der Waals surface area contributed by atoms with Gasteiger partial charge in [0.15, 0.2) is 0 Å². The van der Waals surface area contributed by atoms with E-state index in [-0.39, 0.29) is 0 Å². The highest BCUT2D eigenvalue weighted by atomic mass is 15.0. The molecule has 1 saturated carbocycles. The molecule has 0 aromatic heterocycles. The standard InChI is InChI=1S/C16H25N/c1-3-14-9-7-8-12-16(14)17-13(2)15-10-5-4-6-11-15/h4-6,10-11,13-14,16-17H,3,7-9,12H2,1-2H3/t13-,14-,16-/m1/s1. The van der Waals surface area contributed by atoms with Crippen molar-refractivity contribution < 1.29 is 0 Å². The van der Waals surface area contributed by atoms with Crippen LogP contribution in [0.5, 0.6) is 0 Å². The molecule has 3 atom stereocenters. The first-order chi connectivity index (χ1) is 8.31. The van der Waals surface area contributed by atoms with Crippen LogP contribution in [-0.2, 0) is 0 Å². The molecular weight excluding hydrogens is 206 g/mol. The van der Waals surface area contributed by atoms with Gasteiger partial charge in [0.05, 0.1) is 0 Å². The van der Waals surface area contributed by atoms with Crippen LogP contribution in [-0.4, -0.2) is 6.04 Å². The number of nitrogens with one attached hydrogen (secondary N) is 1. The Morgan fingerprint density at radius 1 is 1.18 bits per heavy atom. The highest BCUT2D eigenvalue weighted by Gasteiger charge is 2.24. The predicted octanol–water partition coefficient (Wildman–Crippen LogP) is 4.31. The topological polar surface area (TPSA) is 12.0 Å². The second-order valence-corrected chi connectivity index (χ2v) is 5.36. The lowest BCUT2D eigenvalue weighted by Gasteiger charge is -2.34. The molecular formula is C16H25N. The van der Waals surface area contributed by atoms with Crippen LogP contribution in [0.15, 0.2) is 30.3 Å². The second kappa shape index (κ2) is 6.20. The Morgan fingerprint density at radius 2 is 1.88 bits per heavy atom. The van der Waals surface area contributed by atoms with E-state index in [0.717, 1.165) is 12.0 Å². The zero-order valence-corrected chi connectivity index (χ0v) is 11.2. The van der Waals surface area contributed by atoms with Crippen LogP contribution in [0.4, 0.5) is 0 Å². The van der Waals surface area contributed by atoms with Crippen molar-refractivity contribution in [1.29, 1.82) is 0 Å². The maximum atomic E-state index is 3.84. The Hall–Kier alpha value is -0.820. The fourth-order valence-corrected chi connectivity index (χ4v) is 3.07. The van der Waals surface area contributed by atoms with Crippen molar-refractivity contribution in [2.24, 2.45) is 5.92 Å². The van der Waals surface area contributed by atoms with Crippen LogP contribution >= 0.6 is 0 Å². The van der Waals surface area contributed by atoms with Gasteiger partial charge in [-0.3, -0.25) is 0 Å². The molecule has 0 bridgehead atoms. The van der Waals surface area contributed by atoms with Crippen molar-refractivity contribution in [2.75, 3.05) is 0 Å². The van der Waals surface area contributed by atoms with Gasteiger partial charge in [-0.2, -0.15) is 0 Å². The third-order valence-corrected chi connectivity index (χ3v) is 4.20. The normalized spacial score (nSPS) is 26.7. The largest absolute Gasteiger partial charge is 0.307 e. The Balaban J connectivity index is 1.95. The van der Waals surface area contributed by atoms with E-state index in [1.54, 1.807) is 0 Å². The monoisotopic (exact) mass is 231 g/mol. The molecule has 0 aliphatic heterocycles. The summed E-state index contributed by atoms with van der Waals surface area (Å²) in [5, 5.41) is 3.84. The average Bonchev–Trinajstić information content (AvgIpc) is 2.40. The Labute approximate surface area is 106 Å². The fourth-order valence-electron chi connectivity index (χ4n) is 3.07. The van der Waals surface area contributed by atoms with Crippen LogP contribution in [0.3, 0.4) is 0 Å². The Morgan fingerprint density at radius 3 is 2.59 bits per heavy atom. The van der Waals surface area contributed by atoms with E-state index in [4.69, 9.17) is 0 Å². The molecule has 94 valence electrons. The van der Waals surface area contributed by atoms with Gasteiger partial charge in [-0.15, -0.1) is 0 Å². The molecule has 1 nitrogen and oxygen atoms in total. The molecule has 0 spiro atoms. The Bertz CT molecular complexity index is 320. The summed E-state index contributed by atoms with van der Waals surface area (Å²) in [6.45, 7) is 4.62. The summed E-state index contributed by atoms with van der Waals surface area (Å²) in [7, 11) is 0. The fraction of sp³-hybridized carbons (Fsp3) is 0.625. The molecule has 0 unspecified atom stereocenters. The van der Waals surface area contributed by atoms with Gasteiger partial charge in [0.1, 0.15) is 0 Å². The smallest absolute Gasteiger partial charge is 0.0294 e. The lowest BCUT2D eigenvalue weighted by atomic mass is 9.82. The molecule has 1 aliphatic rings. The van der Waals surface area contributed by atoms with Gasteiger partial charge in [-0.1, -0.05) is 56.5 Å². The molecule has 0 radical (unpaired) electrons. The van der Waals surface area contributed by atoms with Gasteiger partial charge in [0.25, 0.3) is 0 Å². The summed E-state index contributed by atoms with van der Waals surface area (Å²) in [6, 6.07) is 12.0. The van der Waals surface area contributed by atoms with Gasteiger partial charge < -0.3 is 5.32 Å². The number of hydrogen-bond acceptors (Lipinski definition) is 1.